The molecule has 0 spiro atoms. The fourth-order valence-electron chi connectivity index (χ4n) is 1.72. The monoisotopic (exact) mass is 208 g/mol. The van der Waals surface area contributed by atoms with E-state index in [1.165, 1.54) is 7.11 Å². The maximum Gasteiger partial charge on any atom is 0.226 e. The molecule has 1 aliphatic heterocycles. The fourth-order valence-corrected chi connectivity index (χ4v) is 1.72. The molecule has 2 rings (SSSR count). The lowest BCUT2D eigenvalue weighted by molar-refractivity contribution is -0.116. The van der Waals surface area contributed by atoms with Crippen molar-refractivity contribution >= 4 is 17.7 Å². The number of hydrogen-bond acceptors (Lipinski definition) is 5. The molecule has 6 nitrogen and oxygen atoms in total. The summed E-state index contributed by atoms with van der Waals surface area (Å²) in [5, 5.41) is 2.66. The zero-order chi connectivity index (χ0) is 11.0. The van der Waals surface area contributed by atoms with Crippen LogP contribution in [-0.2, 0) is 4.79 Å². The summed E-state index contributed by atoms with van der Waals surface area (Å²) in [6, 6.07) is 0. The normalized spacial score (nSPS) is 19.3. The highest BCUT2D eigenvalue weighted by Crippen LogP contribution is 2.36. The summed E-state index contributed by atoms with van der Waals surface area (Å²) in [6.45, 7) is 1.93. The van der Waals surface area contributed by atoms with Gasteiger partial charge in [0, 0.05) is 6.42 Å². The Labute approximate surface area is 86.9 Å². The van der Waals surface area contributed by atoms with E-state index in [0.717, 1.165) is 5.56 Å². The van der Waals surface area contributed by atoms with Gasteiger partial charge in [-0.05, 0) is 5.92 Å². The predicted octanol–water partition coefficient (Wildman–Crippen LogP) is 0.513. The van der Waals surface area contributed by atoms with Crippen LogP contribution in [0.5, 0.6) is 5.88 Å². The van der Waals surface area contributed by atoms with Crippen LogP contribution < -0.4 is 15.8 Å². The zero-order valence-electron chi connectivity index (χ0n) is 8.57. The van der Waals surface area contributed by atoms with E-state index in [9.17, 15) is 4.79 Å². The molecule has 15 heavy (non-hydrogen) atoms. The number of anilines is 2. The van der Waals surface area contributed by atoms with Gasteiger partial charge in [0.1, 0.15) is 5.82 Å². The van der Waals surface area contributed by atoms with E-state index < -0.39 is 0 Å². The van der Waals surface area contributed by atoms with Crippen LogP contribution in [0, 0.1) is 0 Å². The van der Waals surface area contributed by atoms with Crippen LogP contribution in [0.2, 0.25) is 0 Å². The van der Waals surface area contributed by atoms with Gasteiger partial charge in [-0.2, -0.15) is 9.97 Å². The third kappa shape index (κ3) is 1.58. The maximum absolute atomic E-state index is 11.3. The van der Waals surface area contributed by atoms with E-state index in [1.54, 1.807) is 0 Å². The lowest BCUT2D eigenvalue weighted by atomic mass is 9.95. The molecular weight excluding hydrogens is 196 g/mol. The van der Waals surface area contributed by atoms with Crippen molar-refractivity contribution in [2.24, 2.45) is 0 Å². The molecule has 0 aromatic carbocycles. The van der Waals surface area contributed by atoms with Gasteiger partial charge in [-0.15, -0.1) is 0 Å². The molecule has 1 aliphatic rings. The van der Waals surface area contributed by atoms with Crippen LogP contribution in [0.3, 0.4) is 0 Å². The number of nitrogens with one attached hydrogen (secondary N) is 1. The third-order valence-corrected chi connectivity index (χ3v) is 2.36. The van der Waals surface area contributed by atoms with Gasteiger partial charge in [-0.3, -0.25) is 4.79 Å². The average Bonchev–Trinajstić information content (AvgIpc) is 2.14. The van der Waals surface area contributed by atoms with Crippen molar-refractivity contribution in [2.75, 3.05) is 18.2 Å². The number of rotatable bonds is 1. The highest BCUT2D eigenvalue weighted by molar-refractivity contribution is 5.94. The molecule has 80 valence electrons. The minimum absolute atomic E-state index is 0.0456. The molecule has 0 radical (unpaired) electrons. The third-order valence-electron chi connectivity index (χ3n) is 2.36. The van der Waals surface area contributed by atoms with Gasteiger partial charge in [-0.25, -0.2) is 0 Å². The maximum atomic E-state index is 11.3. The van der Waals surface area contributed by atoms with Gasteiger partial charge in [-0.1, -0.05) is 6.92 Å². The number of carbonyl (C=O) groups excluding carboxylic acids is 1. The molecule has 0 aliphatic carbocycles. The number of methoxy groups -OCH3 is 1. The number of nitrogens with two attached hydrogens (primary N) is 1. The summed E-state index contributed by atoms with van der Waals surface area (Å²) in [4.78, 5) is 19.2. The van der Waals surface area contributed by atoms with Crippen LogP contribution in [0.1, 0.15) is 24.8 Å². The van der Waals surface area contributed by atoms with Crippen molar-refractivity contribution in [1.82, 2.24) is 9.97 Å². The summed E-state index contributed by atoms with van der Waals surface area (Å²) < 4.78 is 5.12. The molecule has 0 fully saturated rings. The lowest BCUT2D eigenvalue weighted by Crippen LogP contribution is -2.24. The summed E-state index contributed by atoms with van der Waals surface area (Å²) in [5.74, 6) is 0.979. The molecule has 3 N–H and O–H groups in total. The second-order valence-electron chi connectivity index (χ2n) is 3.51. The standard InChI is InChI=1S/C9H12N4O2/c1-4-3-5(14)11-7-6(4)8(15-2)13-9(10)12-7/h4H,3H2,1-2H3,(H3,10,11,12,13,14). The summed E-state index contributed by atoms with van der Waals surface area (Å²) >= 11 is 0. The highest BCUT2D eigenvalue weighted by atomic mass is 16.5. The Kier molecular flexibility index (Phi) is 2.18. The van der Waals surface area contributed by atoms with E-state index in [0.29, 0.717) is 18.1 Å². The first-order valence-corrected chi connectivity index (χ1v) is 4.63. The summed E-state index contributed by atoms with van der Waals surface area (Å²) in [6.07, 6.45) is 0.413. The first kappa shape index (κ1) is 9.70. The number of nitrogens with zero attached hydrogens (tertiary/aromatic N) is 2. The Morgan fingerprint density at radius 1 is 1.53 bits per heavy atom. The smallest absolute Gasteiger partial charge is 0.226 e. The lowest BCUT2D eigenvalue weighted by Gasteiger charge is -2.22. The zero-order valence-corrected chi connectivity index (χ0v) is 8.57. The molecular formula is C9H12N4O2. The van der Waals surface area contributed by atoms with Crippen LogP contribution in [0.15, 0.2) is 0 Å². The molecule has 6 heteroatoms. The predicted molar refractivity (Wildman–Crippen MR) is 54.7 cm³/mol. The second-order valence-corrected chi connectivity index (χ2v) is 3.51. The topological polar surface area (TPSA) is 90.1 Å². The van der Waals surface area contributed by atoms with Crippen molar-refractivity contribution in [2.45, 2.75) is 19.3 Å². The van der Waals surface area contributed by atoms with Crippen LogP contribution in [-0.4, -0.2) is 23.0 Å². The van der Waals surface area contributed by atoms with Crippen molar-refractivity contribution in [3.8, 4) is 5.88 Å². The quantitative estimate of drug-likeness (QED) is 0.701. The Hall–Kier alpha value is -1.85. The van der Waals surface area contributed by atoms with E-state index in [1.807, 2.05) is 6.92 Å². The summed E-state index contributed by atoms with van der Waals surface area (Å²) in [5.41, 5.74) is 6.31. The number of carbonyl (C=O) groups is 1. The SMILES string of the molecule is COc1nc(N)nc2c1C(C)CC(=O)N2. The Morgan fingerprint density at radius 3 is 2.93 bits per heavy atom. The van der Waals surface area contributed by atoms with Crippen molar-refractivity contribution < 1.29 is 9.53 Å². The molecule has 0 saturated heterocycles. The fraction of sp³-hybridized carbons (Fsp3) is 0.444. The molecule has 1 aromatic heterocycles. The van der Waals surface area contributed by atoms with Crippen LogP contribution in [0.4, 0.5) is 11.8 Å². The molecule has 1 aromatic rings. The number of hydrogen-bond donors (Lipinski definition) is 2. The Morgan fingerprint density at radius 2 is 2.27 bits per heavy atom. The number of nitrogen functional groups attached to an aromatic ring is 1. The average molecular weight is 208 g/mol. The number of ether oxygens (including phenoxy) is 1. The van der Waals surface area contributed by atoms with E-state index in [-0.39, 0.29) is 17.8 Å². The van der Waals surface area contributed by atoms with Crippen molar-refractivity contribution in [3.63, 3.8) is 0 Å². The molecule has 0 bridgehead atoms. The second kappa shape index (κ2) is 3.38. The number of fused-ring (bicyclic) bond motifs is 1. The molecule has 1 unspecified atom stereocenters. The first-order valence-electron chi connectivity index (χ1n) is 4.63. The van der Waals surface area contributed by atoms with Crippen molar-refractivity contribution in [1.29, 1.82) is 0 Å². The molecule has 1 atom stereocenters. The first-order chi connectivity index (χ1) is 7.11. The number of aromatic nitrogens is 2. The van der Waals surface area contributed by atoms with Gasteiger partial charge < -0.3 is 15.8 Å². The van der Waals surface area contributed by atoms with Gasteiger partial charge in [0.2, 0.25) is 17.7 Å². The summed E-state index contributed by atoms with van der Waals surface area (Å²) in [7, 11) is 1.52. The number of amides is 1. The van der Waals surface area contributed by atoms with Crippen LogP contribution >= 0.6 is 0 Å². The van der Waals surface area contributed by atoms with Gasteiger partial charge >= 0.3 is 0 Å². The molecule has 0 saturated carbocycles. The molecule has 1 amide bonds. The van der Waals surface area contributed by atoms with Gasteiger partial charge in [0.15, 0.2) is 0 Å². The van der Waals surface area contributed by atoms with E-state index >= 15 is 0 Å². The minimum atomic E-state index is -0.0600. The molecule has 2 heterocycles. The largest absolute Gasteiger partial charge is 0.481 e. The van der Waals surface area contributed by atoms with Gasteiger partial charge in [0.05, 0.1) is 12.7 Å². The van der Waals surface area contributed by atoms with Crippen LogP contribution in [0.25, 0.3) is 0 Å². The van der Waals surface area contributed by atoms with Gasteiger partial charge in [0.25, 0.3) is 0 Å². The van der Waals surface area contributed by atoms with Crippen molar-refractivity contribution in [3.05, 3.63) is 5.56 Å². The van der Waals surface area contributed by atoms with E-state index in [2.05, 4.69) is 15.3 Å². The Balaban J connectivity index is 2.58. The highest BCUT2D eigenvalue weighted by Gasteiger charge is 2.27. The van der Waals surface area contributed by atoms with E-state index in [4.69, 9.17) is 10.5 Å². The Bertz CT molecular complexity index is 419. The minimum Gasteiger partial charge on any atom is -0.481 e.